The predicted molar refractivity (Wildman–Crippen MR) is 109 cm³/mol. The van der Waals surface area contributed by atoms with Crippen LogP contribution in [0.3, 0.4) is 0 Å². The molecule has 27 heavy (non-hydrogen) atoms. The molecule has 3 heterocycles. The third-order valence-corrected chi connectivity index (χ3v) is 7.82. The van der Waals surface area contributed by atoms with Crippen molar-refractivity contribution in [1.29, 1.82) is 0 Å². The SMILES string of the molecule is Cc1nn(C(C)C)c(C)c1S(=O)(=O)NCC(O)(c1ccsc1)c1cccs1. The third kappa shape index (κ3) is 3.74. The van der Waals surface area contributed by atoms with Crippen molar-refractivity contribution in [3.63, 3.8) is 0 Å². The molecule has 1 atom stereocenters. The summed E-state index contributed by atoms with van der Waals surface area (Å²) in [5.41, 5.74) is 0.287. The number of nitrogens with zero attached hydrogens (tertiary/aromatic N) is 2. The Kier molecular flexibility index (Phi) is 5.60. The first-order valence-electron chi connectivity index (χ1n) is 8.51. The first kappa shape index (κ1) is 20.2. The number of nitrogens with one attached hydrogen (secondary N) is 1. The van der Waals surface area contributed by atoms with Gasteiger partial charge in [0.05, 0.1) is 11.4 Å². The second-order valence-corrected chi connectivity index (χ2v) is 10.1. The summed E-state index contributed by atoms with van der Waals surface area (Å²) in [6.07, 6.45) is 0. The van der Waals surface area contributed by atoms with Crippen molar-refractivity contribution < 1.29 is 13.5 Å². The maximum Gasteiger partial charge on any atom is 0.244 e. The molecule has 3 rings (SSSR count). The molecule has 0 saturated heterocycles. The minimum Gasteiger partial charge on any atom is -0.378 e. The fraction of sp³-hybridized carbons (Fsp3) is 0.389. The lowest BCUT2D eigenvalue weighted by molar-refractivity contribution is 0.0903. The Morgan fingerprint density at radius 3 is 2.56 bits per heavy atom. The van der Waals surface area contributed by atoms with Gasteiger partial charge in [-0.3, -0.25) is 4.68 Å². The molecular weight excluding hydrogens is 402 g/mol. The lowest BCUT2D eigenvalue weighted by Crippen LogP contribution is -2.41. The highest BCUT2D eigenvalue weighted by Crippen LogP contribution is 2.34. The van der Waals surface area contributed by atoms with Gasteiger partial charge in [-0.05, 0) is 56.0 Å². The predicted octanol–water partition coefficient (Wildman–Crippen LogP) is 3.42. The van der Waals surface area contributed by atoms with Crippen LogP contribution in [0, 0.1) is 13.8 Å². The van der Waals surface area contributed by atoms with E-state index >= 15 is 0 Å². The van der Waals surface area contributed by atoms with E-state index in [4.69, 9.17) is 0 Å². The van der Waals surface area contributed by atoms with E-state index < -0.39 is 15.6 Å². The molecule has 0 amide bonds. The van der Waals surface area contributed by atoms with Crippen LogP contribution in [0.1, 0.15) is 41.7 Å². The monoisotopic (exact) mass is 425 g/mol. The van der Waals surface area contributed by atoms with Crippen LogP contribution in [-0.2, 0) is 15.6 Å². The Morgan fingerprint density at radius 1 is 1.30 bits per heavy atom. The van der Waals surface area contributed by atoms with Gasteiger partial charge in [-0.25, -0.2) is 13.1 Å². The van der Waals surface area contributed by atoms with E-state index in [1.807, 2.05) is 48.2 Å². The zero-order valence-corrected chi connectivity index (χ0v) is 18.1. The standard InChI is InChI=1S/C18H23N3O3S3/c1-12(2)21-14(4)17(13(3)20-21)27(23,24)19-11-18(22,15-7-9-25-10-15)16-6-5-8-26-16/h5-10,12,19,22H,11H2,1-4H3. The average Bonchev–Trinajstić information content (AvgIpc) is 3.34. The van der Waals surface area contributed by atoms with Gasteiger partial charge in [-0.15, -0.1) is 11.3 Å². The molecule has 0 radical (unpaired) electrons. The Bertz CT molecular complexity index is 970. The summed E-state index contributed by atoms with van der Waals surface area (Å²) in [6.45, 7) is 7.19. The summed E-state index contributed by atoms with van der Waals surface area (Å²) < 4.78 is 30.4. The van der Waals surface area contributed by atoms with Crippen molar-refractivity contribution in [2.45, 2.75) is 44.2 Å². The van der Waals surface area contributed by atoms with Crippen molar-refractivity contribution in [3.8, 4) is 0 Å². The van der Waals surface area contributed by atoms with Crippen LogP contribution in [0.5, 0.6) is 0 Å². The van der Waals surface area contributed by atoms with Crippen LogP contribution in [0.2, 0.25) is 0 Å². The van der Waals surface area contributed by atoms with Crippen LogP contribution < -0.4 is 4.72 Å². The quantitative estimate of drug-likeness (QED) is 0.607. The van der Waals surface area contributed by atoms with E-state index in [2.05, 4.69) is 9.82 Å². The van der Waals surface area contributed by atoms with Gasteiger partial charge >= 0.3 is 0 Å². The van der Waals surface area contributed by atoms with Gasteiger partial charge in [-0.2, -0.15) is 16.4 Å². The highest BCUT2D eigenvalue weighted by molar-refractivity contribution is 7.89. The molecular formula is C18H23N3O3S3. The van der Waals surface area contributed by atoms with Crippen LogP contribution >= 0.6 is 22.7 Å². The maximum atomic E-state index is 13.0. The van der Waals surface area contributed by atoms with Crippen molar-refractivity contribution in [2.75, 3.05) is 6.54 Å². The van der Waals surface area contributed by atoms with Crippen molar-refractivity contribution in [1.82, 2.24) is 14.5 Å². The number of hydrogen-bond acceptors (Lipinski definition) is 6. The maximum absolute atomic E-state index is 13.0. The van der Waals surface area contributed by atoms with E-state index in [-0.39, 0.29) is 17.5 Å². The molecule has 3 aromatic heterocycles. The van der Waals surface area contributed by atoms with Gasteiger partial charge in [0.1, 0.15) is 10.5 Å². The molecule has 0 aliphatic carbocycles. The Hall–Kier alpha value is -1.52. The van der Waals surface area contributed by atoms with Crippen molar-refractivity contribution in [3.05, 3.63) is 56.2 Å². The minimum atomic E-state index is -3.83. The van der Waals surface area contributed by atoms with Crippen LogP contribution in [-0.4, -0.2) is 29.8 Å². The van der Waals surface area contributed by atoms with Crippen LogP contribution in [0.15, 0.2) is 39.2 Å². The molecule has 146 valence electrons. The highest BCUT2D eigenvalue weighted by atomic mass is 32.2. The smallest absolute Gasteiger partial charge is 0.244 e. The summed E-state index contributed by atoms with van der Waals surface area (Å²) in [6, 6.07) is 5.52. The van der Waals surface area contributed by atoms with Crippen molar-refractivity contribution >= 4 is 32.7 Å². The fourth-order valence-electron chi connectivity index (χ4n) is 3.16. The molecule has 3 aromatic rings. The summed E-state index contributed by atoms with van der Waals surface area (Å²) in [4.78, 5) is 0.866. The lowest BCUT2D eigenvalue weighted by Gasteiger charge is -2.27. The zero-order chi connectivity index (χ0) is 19.8. The van der Waals surface area contributed by atoms with Gasteiger partial charge in [0.15, 0.2) is 0 Å². The fourth-order valence-corrected chi connectivity index (χ4v) is 6.18. The molecule has 0 bridgehead atoms. The second kappa shape index (κ2) is 7.48. The molecule has 6 nitrogen and oxygen atoms in total. The van der Waals surface area contributed by atoms with Gasteiger partial charge in [0.2, 0.25) is 10.0 Å². The van der Waals surface area contributed by atoms with Gasteiger partial charge in [0, 0.05) is 23.0 Å². The number of rotatable bonds is 7. The highest BCUT2D eigenvalue weighted by Gasteiger charge is 2.36. The largest absolute Gasteiger partial charge is 0.378 e. The molecule has 0 saturated carbocycles. The average molecular weight is 426 g/mol. The van der Waals surface area contributed by atoms with Crippen LogP contribution in [0.4, 0.5) is 0 Å². The Labute approximate surface area is 167 Å². The molecule has 0 aliphatic rings. The Balaban J connectivity index is 1.95. The van der Waals surface area contributed by atoms with E-state index in [9.17, 15) is 13.5 Å². The zero-order valence-electron chi connectivity index (χ0n) is 15.6. The second-order valence-electron chi connectivity index (χ2n) is 6.71. The number of aliphatic hydroxyl groups is 1. The van der Waals surface area contributed by atoms with Crippen LogP contribution in [0.25, 0.3) is 0 Å². The summed E-state index contributed by atoms with van der Waals surface area (Å²) in [5, 5.41) is 21.3. The lowest BCUT2D eigenvalue weighted by atomic mass is 9.95. The third-order valence-electron chi connectivity index (χ3n) is 4.46. The van der Waals surface area contributed by atoms with Gasteiger partial charge in [0.25, 0.3) is 0 Å². The summed E-state index contributed by atoms with van der Waals surface area (Å²) in [5.74, 6) is 0. The molecule has 9 heteroatoms. The molecule has 0 aromatic carbocycles. The normalized spacial score (nSPS) is 14.6. The molecule has 0 aliphatic heterocycles. The molecule has 2 N–H and O–H groups in total. The number of aromatic nitrogens is 2. The molecule has 1 unspecified atom stereocenters. The van der Waals surface area contributed by atoms with E-state index in [1.54, 1.807) is 18.5 Å². The van der Waals surface area contributed by atoms with Gasteiger partial charge in [-0.1, -0.05) is 6.07 Å². The minimum absolute atomic E-state index is 0.0570. The molecule has 0 spiro atoms. The summed E-state index contributed by atoms with van der Waals surface area (Å²) >= 11 is 2.85. The van der Waals surface area contributed by atoms with E-state index in [0.29, 0.717) is 21.8 Å². The number of aryl methyl sites for hydroxylation is 1. The van der Waals surface area contributed by atoms with E-state index in [0.717, 1.165) is 0 Å². The van der Waals surface area contributed by atoms with Crippen molar-refractivity contribution in [2.24, 2.45) is 0 Å². The molecule has 0 fully saturated rings. The number of hydrogen-bond donors (Lipinski definition) is 2. The van der Waals surface area contributed by atoms with Gasteiger partial charge < -0.3 is 5.11 Å². The number of sulfonamides is 1. The first-order valence-corrected chi connectivity index (χ1v) is 11.8. The summed E-state index contributed by atoms with van der Waals surface area (Å²) in [7, 11) is -3.83. The number of thiophene rings is 2. The topological polar surface area (TPSA) is 84.2 Å². The Morgan fingerprint density at radius 2 is 2.04 bits per heavy atom. The van der Waals surface area contributed by atoms with E-state index in [1.165, 1.54) is 22.7 Å². The first-order chi connectivity index (χ1) is 12.7.